The Hall–Kier alpha value is -1.32. The van der Waals surface area contributed by atoms with Crippen molar-refractivity contribution in [2.75, 3.05) is 0 Å². The summed E-state index contributed by atoms with van der Waals surface area (Å²) in [4.78, 5) is 10.9. The topological polar surface area (TPSA) is 55.1 Å². The molecule has 4 nitrogen and oxygen atoms in total. The fourth-order valence-corrected chi connectivity index (χ4v) is 2.10. The van der Waals surface area contributed by atoms with Crippen LogP contribution in [0.15, 0.2) is 12.3 Å². The Labute approximate surface area is 82.5 Å². The van der Waals surface area contributed by atoms with E-state index in [-0.39, 0.29) is 0 Å². The number of carbonyl (C=O) groups is 1. The van der Waals surface area contributed by atoms with Crippen molar-refractivity contribution in [3.05, 3.63) is 18.0 Å². The van der Waals surface area contributed by atoms with Gasteiger partial charge in [-0.2, -0.15) is 5.10 Å². The van der Waals surface area contributed by atoms with E-state index in [1.54, 1.807) is 16.9 Å². The maximum atomic E-state index is 10.9. The molecule has 0 saturated heterocycles. The SMILES string of the molecule is O=C(O)c1ccnn1C1CCCCC1. The number of carboxylic acids is 1. The molecule has 0 spiro atoms. The van der Waals surface area contributed by atoms with Crippen LogP contribution in [0.4, 0.5) is 0 Å². The predicted molar refractivity (Wildman–Crippen MR) is 51.3 cm³/mol. The highest BCUT2D eigenvalue weighted by Crippen LogP contribution is 2.28. The monoisotopic (exact) mass is 194 g/mol. The molecule has 0 unspecified atom stereocenters. The summed E-state index contributed by atoms with van der Waals surface area (Å²) in [6.07, 6.45) is 7.31. The van der Waals surface area contributed by atoms with Gasteiger partial charge in [0.05, 0.1) is 6.04 Å². The van der Waals surface area contributed by atoms with E-state index in [1.165, 1.54) is 19.3 Å². The lowest BCUT2D eigenvalue weighted by Gasteiger charge is -2.22. The van der Waals surface area contributed by atoms with Gasteiger partial charge in [0.25, 0.3) is 0 Å². The minimum Gasteiger partial charge on any atom is -0.477 e. The number of hydrogen-bond acceptors (Lipinski definition) is 2. The van der Waals surface area contributed by atoms with Gasteiger partial charge in [-0.1, -0.05) is 19.3 Å². The Morgan fingerprint density at radius 2 is 2.14 bits per heavy atom. The number of hydrogen-bond donors (Lipinski definition) is 1. The Kier molecular flexibility index (Phi) is 2.52. The second-order valence-electron chi connectivity index (χ2n) is 3.76. The first-order valence-electron chi connectivity index (χ1n) is 5.06. The number of aromatic carboxylic acids is 1. The second-order valence-corrected chi connectivity index (χ2v) is 3.76. The van der Waals surface area contributed by atoms with Gasteiger partial charge in [0.2, 0.25) is 0 Å². The molecule has 2 rings (SSSR count). The molecule has 1 N–H and O–H groups in total. The molecule has 1 aromatic rings. The summed E-state index contributed by atoms with van der Waals surface area (Å²) in [5, 5.41) is 13.0. The molecule has 0 radical (unpaired) electrons. The summed E-state index contributed by atoms with van der Waals surface area (Å²) in [6.45, 7) is 0. The first kappa shape index (κ1) is 9.24. The highest BCUT2D eigenvalue weighted by atomic mass is 16.4. The van der Waals surface area contributed by atoms with E-state index in [9.17, 15) is 4.79 Å². The lowest BCUT2D eigenvalue weighted by Crippen LogP contribution is -2.18. The van der Waals surface area contributed by atoms with Gasteiger partial charge in [-0.15, -0.1) is 0 Å². The molecule has 0 aromatic carbocycles. The van der Waals surface area contributed by atoms with Crippen LogP contribution in [0.1, 0.15) is 48.6 Å². The van der Waals surface area contributed by atoms with Crippen molar-refractivity contribution < 1.29 is 9.90 Å². The summed E-state index contributed by atoms with van der Waals surface area (Å²) < 4.78 is 1.67. The second kappa shape index (κ2) is 3.82. The molecular weight excluding hydrogens is 180 g/mol. The number of rotatable bonds is 2. The fourth-order valence-electron chi connectivity index (χ4n) is 2.10. The fraction of sp³-hybridized carbons (Fsp3) is 0.600. The van der Waals surface area contributed by atoms with Crippen molar-refractivity contribution in [2.24, 2.45) is 0 Å². The highest BCUT2D eigenvalue weighted by molar-refractivity contribution is 5.85. The minimum atomic E-state index is -0.881. The number of aromatic nitrogens is 2. The van der Waals surface area contributed by atoms with Crippen LogP contribution in [0.5, 0.6) is 0 Å². The summed E-state index contributed by atoms with van der Waals surface area (Å²) in [6, 6.07) is 1.86. The molecule has 1 aliphatic rings. The lowest BCUT2D eigenvalue weighted by molar-refractivity contribution is 0.0678. The molecule has 1 aromatic heterocycles. The predicted octanol–water partition coefficient (Wildman–Crippen LogP) is 2.09. The maximum Gasteiger partial charge on any atom is 0.354 e. The minimum absolute atomic E-state index is 0.296. The van der Waals surface area contributed by atoms with E-state index in [0.29, 0.717) is 11.7 Å². The van der Waals surface area contributed by atoms with Gasteiger partial charge in [-0.3, -0.25) is 4.68 Å². The smallest absolute Gasteiger partial charge is 0.354 e. The summed E-state index contributed by atoms with van der Waals surface area (Å²) >= 11 is 0. The van der Waals surface area contributed by atoms with Crippen LogP contribution in [0.3, 0.4) is 0 Å². The molecule has 0 atom stereocenters. The molecule has 0 aliphatic heterocycles. The normalized spacial score (nSPS) is 18.3. The highest BCUT2D eigenvalue weighted by Gasteiger charge is 2.20. The molecule has 1 fully saturated rings. The van der Waals surface area contributed by atoms with Crippen molar-refractivity contribution in [3.63, 3.8) is 0 Å². The van der Waals surface area contributed by atoms with Crippen LogP contribution in [0.25, 0.3) is 0 Å². The zero-order valence-electron chi connectivity index (χ0n) is 8.02. The zero-order valence-corrected chi connectivity index (χ0v) is 8.02. The van der Waals surface area contributed by atoms with E-state index >= 15 is 0 Å². The molecule has 0 bridgehead atoms. The van der Waals surface area contributed by atoms with Crippen LogP contribution >= 0.6 is 0 Å². The van der Waals surface area contributed by atoms with Gasteiger partial charge in [0, 0.05) is 6.20 Å². The first-order chi connectivity index (χ1) is 6.79. The van der Waals surface area contributed by atoms with E-state index in [1.807, 2.05) is 0 Å². The van der Waals surface area contributed by atoms with E-state index in [0.717, 1.165) is 12.8 Å². The lowest BCUT2D eigenvalue weighted by atomic mass is 9.95. The molecular formula is C10H14N2O2. The zero-order chi connectivity index (χ0) is 9.97. The van der Waals surface area contributed by atoms with E-state index in [4.69, 9.17) is 5.11 Å². The van der Waals surface area contributed by atoms with Crippen molar-refractivity contribution >= 4 is 5.97 Å². The van der Waals surface area contributed by atoms with Crippen molar-refractivity contribution in [3.8, 4) is 0 Å². The van der Waals surface area contributed by atoms with Crippen molar-refractivity contribution in [2.45, 2.75) is 38.1 Å². The molecule has 1 aliphatic carbocycles. The molecule has 4 heteroatoms. The third-order valence-electron chi connectivity index (χ3n) is 2.81. The maximum absolute atomic E-state index is 10.9. The van der Waals surface area contributed by atoms with Gasteiger partial charge in [0.15, 0.2) is 0 Å². The van der Waals surface area contributed by atoms with E-state index < -0.39 is 5.97 Å². The van der Waals surface area contributed by atoms with Crippen LogP contribution in [-0.4, -0.2) is 20.9 Å². The Morgan fingerprint density at radius 3 is 2.79 bits per heavy atom. The van der Waals surface area contributed by atoms with Crippen LogP contribution in [0, 0.1) is 0 Å². The van der Waals surface area contributed by atoms with Crippen LogP contribution in [0.2, 0.25) is 0 Å². The largest absolute Gasteiger partial charge is 0.477 e. The number of nitrogens with zero attached hydrogens (tertiary/aromatic N) is 2. The third-order valence-corrected chi connectivity index (χ3v) is 2.81. The quantitative estimate of drug-likeness (QED) is 0.784. The molecule has 0 amide bonds. The van der Waals surface area contributed by atoms with Crippen molar-refractivity contribution in [1.82, 2.24) is 9.78 Å². The van der Waals surface area contributed by atoms with Gasteiger partial charge >= 0.3 is 5.97 Å². The molecule has 76 valence electrons. The Balaban J connectivity index is 2.21. The van der Waals surface area contributed by atoms with E-state index in [2.05, 4.69) is 5.10 Å². The summed E-state index contributed by atoms with van der Waals surface area (Å²) in [5.74, 6) is -0.881. The van der Waals surface area contributed by atoms with Gasteiger partial charge < -0.3 is 5.11 Å². The average Bonchev–Trinajstić information content (AvgIpc) is 2.67. The molecule has 1 heterocycles. The van der Waals surface area contributed by atoms with Gasteiger partial charge in [0.1, 0.15) is 5.69 Å². The first-order valence-corrected chi connectivity index (χ1v) is 5.06. The van der Waals surface area contributed by atoms with Crippen molar-refractivity contribution in [1.29, 1.82) is 0 Å². The average molecular weight is 194 g/mol. The van der Waals surface area contributed by atoms with Gasteiger partial charge in [-0.25, -0.2) is 4.79 Å². The summed E-state index contributed by atoms with van der Waals surface area (Å²) in [5.41, 5.74) is 0.317. The Bertz CT molecular complexity index is 327. The van der Waals surface area contributed by atoms with Crippen LogP contribution in [-0.2, 0) is 0 Å². The van der Waals surface area contributed by atoms with Crippen LogP contribution < -0.4 is 0 Å². The molecule has 14 heavy (non-hydrogen) atoms. The third kappa shape index (κ3) is 1.64. The Morgan fingerprint density at radius 1 is 1.43 bits per heavy atom. The molecule has 1 saturated carbocycles. The standard InChI is InChI=1S/C10H14N2O2/c13-10(14)9-6-7-11-12(9)8-4-2-1-3-5-8/h6-8H,1-5H2,(H,13,14). The number of carboxylic acid groups (broad SMARTS) is 1. The summed E-state index contributed by atoms with van der Waals surface area (Å²) in [7, 11) is 0. The van der Waals surface area contributed by atoms with Gasteiger partial charge in [-0.05, 0) is 18.9 Å².